The predicted molar refractivity (Wildman–Crippen MR) is 86.3 cm³/mol. The molecule has 0 bridgehead atoms. The summed E-state index contributed by atoms with van der Waals surface area (Å²) < 4.78 is 0.904. The maximum Gasteiger partial charge on any atom is 0.241 e. The molecule has 1 fully saturated rings. The molecule has 0 heterocycles. The second-order valence-electron chi connectivity index (χ2n) is 5.62. The number of nitrogens with one attached hydrogen (secondary N) is 2. The van der Waals surface area contributed by atoms with E-state index in [1.807, 2.05) is 12.1 Å². The Morgan fingerprint density at radius 3 is 2.70 bits per heavy atom. The number of carbonyl (C=O) groups is 1. The van der Waals surface area contributed by atoms with E-state index < -0.39 is 0 Å². The van der Waals surface area contributed by atoms with Crippen LogP contribution in [0.2, 0.25) is 0 Å². The lowest BCUT2D eigenvalue weighted by molar-refractivity contribution is -0.118. The minimum atomic E-state index is -0.132. The standard InChI is InChI=1S/C15H21BrN3O/c1-9(2)8-18-14(10-3-4-10)15(20)19-13-6-5-11(16)7-12(13)17/h5-7,10,14,18H,3-4,8,17H2,1-2H3,(H,19,20)/t14-/m1/s1. The van der Waals surface area contributed by atoms with Gasteiger partial charge in [0, 0.05) is 11.0 Å². The van der Waals surface area contributed by atoms with E-state index >= 15 is 0 Å². The molecule has 4 nitrogen and oxygen atoms in total. The van der Waals surface area contributed by atoms with Crippen molar-refractivity contribution in [3.63, 3.8) is 0 Å². The second-order valence-corrected chi connectivity index (χ2v) is 6.54. The van der Waals surface area contributed by atoms with E-state index in [0.717, 1.165) is 23.9 Å². The highest BCUT2D eigenvalue weighted by molar-refractivity contribution is 9.10. The molecule has 1 aliphatic carbocycles. The number of rotatable bonds is 6. The van der Waals surface area contributed by atoms with Crippen LogP contribution in [0.25, 0.3) is 0 Å². The number of carbonyl (C=O) groups excluding carboxylic acids is 1. The summed E-state index contributed by atoms with van der Waals surface area (Å²) in [6.07, 6.45) is 2.23. The molecule has 0 aromatic heterocycles. The molecule has 1 saturated carbocycles. The molecule has 2 rings (SSSR count). The molecule has 1 aliphatic rings. The fraction of sp³-hybridized carbons (Fsp3) is 0.467. The smallest absolute Gasteiger partial charge is 0.241 e. The number of amides is 1. The van der Waals surface area contributed by atoms with Gasteiger partial charge in [0.2, 0.25) is 5.91 Å². The first-order valence-electron chi connectivity index (χ1n) is 6.85. The molecule has 1 amide bonds. The molecule has 1 aromatic carbocycles. The molecule has 109 valence electrons. The van der Waals surface area contributed by atoms with Crippen LogP contribution in [0.1, 0.15) is 26.7 Å². The molecule has 0 spiro atoms. The summed E-state index contributed by atoms with van der Waals surface area (Å²) in [5, 5.41) is 6.26. The Labute approximate surface area is 128 Å². The quantitative estimate of drug-likeness (QED) is 0.698. The number of anilines is 2. The first-order chi connectivity index (χ1) is 9.47. The number of hydrogen-bond donors (Lipinski definition) is 3. The van der Waals surface area contributed by atoms with E-state index in [1.165, 1.54) is 5.92 Å². The maximum absolute atomic E-state index is 12.4. The van der Waals surface area contributed by atoms with E-state index in [9.17, 15) is 4.79 Å². The minimum absolute atomic E-state index is 0.00257. The molecule has 1 atom stereocenters. The predicted octanol–water partition coefficient (Wildman–Crippen LogP) is 2.95. The largest absolute Gasteiger partial charge is 0.397 e. The highest BCUT2D eigenvalue weighted by Gasteiger charge is 2.36. The van der Waals surface area contributed by atoms with Crippen LogP contribution in [0.15, 0.2) is 22.7 Å². The monoisotopic (exact) mass is 338 g/mol. The molecule has 4 N–H and O–H groups in total. The van der Waals surface area contributed by atoms with E-state index in [4.69, 9.17) is 5.73 Å². The summed E-state index contributed by atoms with van der Waals surface area (Å²) >= 11 is 3.36. The van der Waals surface area contributed by atoms with Gasteiger partial charge in [-0.1, -0.05) is 29.8 Å². The zero-order valence-corrected chi connectivity index (χ0v) is 13.5. The highest BCUT2D eigenvalue weighted by atomic mass is 79.9. The fourth-order valence-electron chi connectivity index (χ4n) is 2.07. The second kappa shape index (κ2) is 6.59. The number of benzene rings is 1. The van der Waals surface area contributed by atoms with Crippen molar-refractivity contribution < 1.29 is 4.79 Å². The summed E-state index contributed by atoms with van der Waals surface area (Å²) in [5.41, 5.74) is 7.15. The van der Waals surface area contributed by atoms with Gasteiger partial charge in [0.15, 0.2) is 0 Å². The fourth-order valence-corrected chi connectivity index (χ4v) is 2.45. The van der Waals surface area contributed by atoms with Crippen LogP contribution in [0.5, 0.6) is 0 Å². The lowest BCUT2D eigenvalue weighted by Gasteiger charge is -2.19. The van der Waals surface area contributed by atoms with Crippen LogP contribution >= 0.6 is 15.9 Å². The van der Waals surface area contributed by atoms with Crippen molar-refractivity contribution in [2.24, 2.45) is 5.92 Å². The Bertz CT molecular complexity index is 486. The van der Waals surface area contributed by atoms with Gasteiger partial charge in [-0.05, 0) is 42.9 Å². The zero-order chi connectivity index (χ0) is 14.7. The van der Waals surface area contributed by atoms with Crippen LogP contribution in [0.3, 0.4) is 0 Å². The van der Waals surface area contributed by atoms with Crippen molar-refractivity contribution in [2.45, 2.75) is 32.7 Å². The van der Waals surface area contributed by atoms with Crippen molar-refractivity contribution in [3.8, 4) is 0 Å². The van der Waals surface area contributed by atoms with Gasteiger partial charge in [-0.2, -0.15) is 0 Å². The number of hydrogen-bond acceptors (Lipinski definition) is 3. The molecule has 1 aromatic rings. The summed E-state index contributed by atoms with van der Waals surface area (Å²) in [5.74, 6) is 1.72. The third-order valence-electron chi connectivity index (χ3n) is 3.32. The summed E-state index contributed by atoms with van der Waals surface area (Å²) in [6.45, 7) is 4.88. The van der Waals surface area contributed by atoms with Gasteiger partial charge in [0.25, 0.3) is 0 Å². The summed E-state index contributed by atoms with van der Waals surface area (Å²) in [6, 6.07) is 5.35. The summed E-state index contributed by atoms with van der Waals surface area (Å²) in [7, 11) is 0. The molecular weight excluding hydrogens is 318 g/mol. The molecule has 0 aliphatic heterocycles. The number of nitrogen functional groups attached to an aromatic ring is 1. The molecule has 20 heavy (non-hydrogen) atoms. The first kappa shape index (κ1) is 15.3. The number of nitrogens with two attached hydrogens (primary N) is 1. The van der Waals surface area contributed by atoms with Crippen LogP contribution in [-0.2, 0) is 4.79 Å². The Morgan fingerprint density at radius 1 is 1.45 bits per heavy atom. The number of halogens is 1. The van der Waals surface area contributed by atoms with Crippen molar-refractivity contribution in [3.05, 3.63) is 28.6 Å². The lowest BCUT2D eigenvalue weighted by atomic mass is 10.1. The Kier molecular flexibility index (Phi) is 5.05. The summed E-state index contributed by atoms with van der Waals surface area (Å²) in [4.78, 5) is 12.4. The van der Waals surface area contributed by atoms with Gasteiger partial charge >= 0.3 is 0 Å². The van der Waals surface area contributed by atoms with Gasteiger partial charge in [-0.3, -0.25) is 4.79 Å². The Balaban J connectivity index is 2.00. The van der Waals surface area contributed by atoms with E-state index in [0.29, 0.717) is 17.3 Å². The van der Waals surface area contributed by atoms with Crippen molar-refractivity contribution in [2.75, 3.05) is 17.6 Å². The normalized spacial score (nSPS) is 16.2. The average molecular weight is 339 g/mol. The van der Waals surface area contributed by atoms with Crippen LogP contribution in [-0.4, -0.2) is 18.5 Å². The van der Waals surface area contributed by atoms with Gasteiger partial charge in [0.1, 0.15) is 0 Å². The third-order valence-corrected chi connectivity index (χ3v) is 3.82. The Morgan fingerprint density at radius 2 is 2.15 bits per heavy atom. The van der Waals surface area contributed by atoms with Crippen LogP contribution in [0, 0.1) is 11.8 Å². The molecule has 1 radical (unpaired) electrons. The Hall–Kier alpha value is -1.07. The lowest BCUT2D eigenvalue weighted by Crippen LogP contribution is -2.43. The van der Waals surface area contributed by atoms with Gasteiger partial charge in [-0.25, -0.2) is 0 Å². The third kappa shape index (κ3) is 4.21. The average Bonchev–Trinajstić information content (AvgIpc) is 3.17. The van der Waals surface area contributed by atoms with Crippen molar-refractivity contribution in [1.82, 2.24) is 5.32 Å². The highest BCUT2D eigenvalue weighted by Crippen LogP contribution is 2.33. The van der Waals surface area contributed by atoms with E-state index in [1.54, 1.807) is 6.07 Å². The molecule has 5 heteroatoms. The molecule has 0 saturated heterocycles. The topological polar surface area (TPSA) is 67.2 Å². The SMILES string of the molecule is C[C](C)CN[C@@H](C(=O)Nc1ccc(Br)cc1N)C1CC1. The zero-order valence-electron chi connectivity index (χ0n) is 11.9. The minimum Gasteiger partial charge on any atom is -0.397 e. The van der Waals surface area contributed by atoms with E-state index in [2.05, 4.69) is 40.4 Å². The van der Waals surface area contributed by atoms with Crippen LogP contribution < -0.4 is 16.4 Å². The maximum atomic E-state index is 12.4. The van der Waals surface area contributed by atoms with Gasteiger partial charge in [0.05, 0.1) is 17.4 Å². The van der Waals surface area contributed by atoms with Crippen molar-refractivity contribution in [1.29, 1.82) is 0 Å². The molecule has 0 unspecified atom stereocenters. The molecular formula is C15H21BrN3O. The van der Waals surface area contributed by atoms with Crippen LogP contribution in [0.4, 0.5) is 11.4 Å². The van der Waals surface area contributed by atoms with Crippen molar-refractivity contribution >= 4 is 33.2 Å². The van der Waals surface area contributed by atoms with Gasteiger partial charge in [-0.15, -0.1) is 0 Å². The van der Waals surface area contributed by atoms with E-state index in [-0.39, 0.29) is 11.9 Å². The van der Waals surface area contributed by atoms with Gasteiger partial charge < -0.3 is 16.4 Å². The first-order valence-corrected chi connectivity index (χ1v) is 7.65.